The number of hydrogen-bond acceptors (Lipinski definition) is 5. The lowest BCUT2D eigenvalue weighted by molar-refractivity contribution is 0.0746. The molecule has 1 fully saturated rings. The summed E-state index contributed by atoms with van der Waals surface area (Å²) in [4.78, 5) is 16.8. The lowest BCUT2D eigenvalue weighted by Crippen LogP contribution is -2.49. The van der Waals surface area contributed by atoms with Crippen LogP contribution >= 0.6 is 0 Å². The van der Waals surface area contributed by atoms with Gasteiger partial charge >= 0.3 is 0 Å². The van der Waals surface area contributed by atoms with Gasteiger partial charge in [-0.3, -0.25) is 9.48 Å². The van der Waals surface area contributed by atoms with Gasteiger partial charge in [-0.2, -0.15) is 10.2 Å². The predicted molar refractivity (Wildman–Crippen MR) is 95.6 cm³/mol. The van der Waals surface area contributed by atoms with Crippen molar-refractivity contribution in [3.8, 4) is 0 Å². The van der Waals surface area contributed by atoms with E-state index in [1.807, 2.05) is 37.1 Å². The number of rotatable bonds is 2. The fourth-order valence-corrected chi connectivity index (χ4v) is 3.35. The average molecular weight is 336 g/mol. The van der Waals surface area contributed by atoms with Gasteiger partial charge in [-0.05, 0) is 6.92 Å². The van der Waals surface area contributed by atoms with E-state index in [-0.39, 0.29) is 5.91 Å². The Morgan fingerprint density at radius 3 is 2.60 bits per heavy atom. The van der Waals surface area contributed by atoms with Crippen LogP contribution in [0.1, 0.15) is 16.1 Å². The Hall–Kier alpha value is -2.96. The van der Waals surface area contributed by atoms with E-state index in [9.17, 15) is 4.79 Å². The molecule has 4 rings (SSSR count). The highest BCUT2D eigenvalue weighted by molar-refractivity contribution is 5.95. The Morgan fingerprint density at radius 1 is 1.12 bits per heavy atom. The fourth-order valence-electron chi connectivity index (χ4n) is 3.35. The Balaban J connectivity index is 1.51. The zero-order chi connectivity index (χ0) is 17.4. The molecule has 1 aromatic carbocycles. The van der Waals surface area contributed by atoms with Crippen LogP contribution in [-0.2, 0) is 7.05 Å². The largest absolute Gasteiger partial charge is 0.351 e. The van der Waals surface area contributed by atoms with E-state index in [0.29, 0.717) is 18.7 Å². The summed E-state index contributed by atoms with van der Waals surface area (Å²) in [5.74, 6) is 0.942. The summed E-state index contributed by atoms with van der Waals surface area (Å²) >= 11 is 0. The summed E-state index contributed by atoms with van der Waals surface area (Å²) in [6.07, 6.45) is 3.57. The van der Waals surface area contributed by atoms with Crippen LogP contribution in [-0.4, -0.2) is 57.0 Å². The molecule has 3 heterocycles. The highest BCUT2D eigenvalue weighted by Crippen LogP contribution is 2.24. The van der Waals surface area contributed by atoms with Crippen LogP contribution in [0, 0.1) is 6.92 Å². The molecule has 0 atom stereocenters. The van der Waals surface area contributed by atoms with Crippen LogP contribution in [0.3, 0.4) is 0 Å². The molecule has 7 nitrogen and oxygen atoms in total. The van der Waals surface area contributed by atoms with Gasteiger partial charge < -0.3 is 9.80 Å². The number of amides is 1. The summed E-state index contributed by atoms with van der Waals surface area (Å²) in [5.41, 5.74) is 1.45. The summed E-state index contributed by atoms with van der Waals surface area (Å²) in [6, 6.07) is 8.12. The van der Waals surface area contributed by atoms with Crippen molar-refractivity contribution in [2.24, 2.45) is 7.05 Å². The van der Waals surface area contributed by atoms with Crippen molar-refractivity contribution in [1.29, 1.82) is 0 Å². The molecule has 0 spiro atoms. The monoisotopic (exact) mass is 336 g/mol. The van der Waals surface area contributed by atoms with E-state index in [2.05, 4.69) is 26.3 Å². The van der Waals surface area contributed by atoms with Gasteiger partial charge in [-0.1, -0.05) is 24.3 Å². The van der Waals surface area contributed by atoms with Gasteiger partial charge in [0.15, 0.2) is 5.82 Å². The number of carbonyl (C=O) groups is 1. The molecule has 0 radical (unpaired) electrons. The van der Waals surface area contributed by atoms with Crippen molar-refractivity contribution < 1.29 is 4.79 Å². The van der Waals surface area contributed by atoms with E-state index >= 15 is 0 Å². The third-order valence-corrected chi connectivity index (χ3v) is 4.66. The number of hydrogen-bond donors (Lipinski definition) is 0. The number of benzene rings is 1. The molecule has 7 heteroatoms. The van der Waals surface area contributed by atoms with Crippen molar-refractivity contribution in [1.82, 2.24) is 24.9 Å². The maximum Gasteiger partial charge on any atom is 0.257 e. The second-order valence-electron chi connectivity index (χ2n) is 6.34. The van der Waals surface area contributed by atoms with Gasteiger partial charge in [0.1, 0.15) is 0 Å². The number of carbonyl (C=O) groups excluding carboxylic acids is 1. The van der Waals surface area contributed by atoms with E-state index in [0.717, 1.165) is 35.4 Å². The molecule has 1 amide bonds. The Kier molecular flexibility index (Phi) is 3.83. The summed E-state index contributed by atoms with van der Waals surface area (Å²) in [7, 11) is 1.83. The summed E-state index contributed by atoms with van der Waals surface area (Å²) < 4.78 is 1.69. The molecule has 0 N–H and O–H groups in total. The van der Waals surface area contributed by atoms with Gasteiger partial charge in [-0.25, -0.2) is 0 Å². The maximum atomic E-state index is 12.7. The van der Waals surface area contributed by atoms with Crippen LogP contribution in [0.4, 0.5) is 5.82 Å². The first-order valence-corrected chi connectivity index (χ1v) is 8.38. The number of piperazine rings is 1. The van der Waals surface area contributed by atoms with Crippen molar-refractivity contribution in [3.63, 3.8) is 0 Å². The minimum absolute atomic E-state index is 0.0502. The van der Waals surface area contributed by atoms with E-state index < -0.39 is 0 Å². The van der Waals surface area contributed by atoms with Gasteiger partial charge in [0.25, 0.3) is 5.91 Å². The second kappa shape index (κ2) is 6.16. The van der Waals surface area contributed by atoms with Crippen LogP contribution in [0.2, 0.25) is 0 Å². The van der Waals surface area contributed by atoms with E-state index in [1.54, 1.807) is 17.1 Å². The third kappa shape index (κ3) is 2.82. The van der Waals surface area contributed by atoms with Gasteiger partial charge in [0.2, 0.25) is 0 Å². The zero-order valence-corrected chi connectivity index (χ0v) is 14.4. The molecule has 2 aromatic heterocycles. The topological polar surface area (TPSA) is 67.2 Å². The molecule has 0 bridgehead atoms. The lowest BCUT2D eigenvalue weighted by Gasteiger charge is -2.35. The molecule has 1 aliphatic rings. The zero-order valence-electron chi connectivity index (χ0n) is 14.4. The molecule has 0 aliphatic carbocycles. The predicted octanol–water partition coefficient (Wildman–Crippen LogP) is 1.63. The van der Waals surface area contributed by atoms with Gasteiger partial charge in [-0.15, -0.1) is 5.10 Å². The summed E-state index contributed by atoms with van der Waals surface area (Å²) in [6.45, 7) is 4.69. The average Bonchev–Trinajstić information content (AvgIpc) is 2.99. The number of fused-ring (bicyclic) bond motifs is 1. The van der Waals surface area contributed by atoms with Crippen LogP contribution in [0.5, 0.6) is 0 Å². The summed E-state index contributed by atoms with van der Waals surface area (Å²) in [5, 5.41) is 14.9. The van der Waals surface area contributed by atoms with Crippen LogP contribution in [0.15, 0.2) is 36.7 Å². The van der Waals surface area contributed by atoms with Crippen molar-refractivity contribution >= 4 is 22.5 Å². The first kappa shape index (κ1) is 15.6. The molecule has 1 saturated heterocycles. The van der Waals surface area contributed by atoms with Crippen molar-refractivity contribution in [2.45, 2.75) is 6.92 Å². The van der Waals surface area contributed by atoms with Crippen LogP contribution in [0.25, 0.3) is 10.8 Å². The molecule has 25 heavy (non-hydrogen) atoms. The normalized spacial score (nSPS) is 15.0. The molecular formula is C18H20N6O. The number of aryl methyl sites for hydroxylation is 2. The Labute approximate surface area is 145 Å². The molecule has 1 aliphatic heterocycles. The smallest absolute Gasteiger partial charge is 0.257 e. The Bertz CT molecular complexity index is 921. The second-order valence-corrected chi connectivity index (χ2v) is 6.34. The highest BCUT2D eigenvalue weighted by Gasteiger charge is 2.25. The molecule has 128 valence electrons. The molecule has 0 unspecified atom stereocenters. The van der Waals surface area contributed by atoms with Gasteiger partial charge in [0, 0.05) is 50.2 Å². The minimum Gasteiger partial charge on any atom is -0.351 e. The minimum atomic E-state index is 0.0502. The molecular weight excluding hydrogens is 316 g/mol. The quantitative estimate of drug-likeness (QED) is 0.712. The fraction of sp³-hybridized carbons (Fsp3) is 0.333. The number of nitrogens with zero attached hydrogens (tertiary/aromatic N) is 6. The first-order chi connectivity index (χ1) is 12.1. The van der Waals surface area contributed by atoms with E-state index in [4.69, 9.17) is 0 Å². The number of anilines is 1. The van der Waals surface area contributed by atoms with Crippen molar-refractivity contribution in [2.75, 3.05) is 31.1 Å². The Morgan fingerprint density at radius 2 is 1.88 bits per heavy atom. The standard InChI is InChI=1S/C18H20N6O/c1-13-16(12-22(2)21-13)18(25)24-9-7-23(8-10-24)17-15-6-4-3-5-14(15)11-19-20-17/h3-6,11-12H,7-10H2,1-2H3. The van der Waals surface area contributed by atoms with Gasteiger partial charge in [0.05, 0.1) is 17.5 Å². The molecule has 3 aromatic rings. The lowest BCUT2D eigenvalue weighted by atomic mass is 10.1. The highest BCUT2D eigenvalue weighted by atomic mass is 16.2. The third-order valence-electron chi connectivity index (χ3n) is 4.66. The first-order valence-electron chi connectivity index (χ1n) is 8.38. The van der Waals surface area contributed by atoms with Crippen LogP contribution < -0.4 is 4.90 Å². The SMILES string of the molecule is Cc1nn(C)cc1C(=O)N1CCN(c2nncc3ccccc23)CC1. The molecule has 0 saturated carbocycles. The number of aromatic nitrogens is 4. The maximum absolute atomic E-state index is 12.7. The van der Waals surface area contributed by atoms with E-state index in [1.165, 1.54) is 0 Å². The van der Waals surface area contributed by atoms with Crippen molar-refractivity contribution in [3.05, 3.63) is 47.9 Å².